The van der Waals surface area contributed by atoms with Crippen molar-refractivity contribution >= 4 is 11.6 Å². The Morgan fingerprint density at radius 2 is 1.96 bits per heavy atom. The maximum atomic E-state index is 13.1. The van der Waals surface area contributed by atoms with Crippen molar-refractivity contribution in [3.05, 3.63) is 36.4 Å². The van der Waals surface area contributed by atoms with E-state index in [1.807, 2.05) is 4.90 Å². The molecule has 1 amide bonds. The topological polar surface area (TPSA) is 63.1 Å². The number of carbonyl (C=O) groups is 1. The number of rotatable bonds is 4. The molecule has 0 saturated carbocycles. The lowest BCUT2D eigenvalue weighted by atomic mass is 9.92. The number of hydrogen-bond acceptors (Lipinski definition) is 4. The molecule has 2 atom stereocenters. The predicted octanol–water partition coefficient (Wildman–Crippen LogP) is 3.20. The summed E-state index contributed by atoms with van der Waals surface area (Å²) in [6.45, 7) is 6.01. The van der Waals surface area contributed by atoms with Crippen molar-refractivity contribution in [3.63, 3.8) is 0 Å². The molecule has 2 heterocycles. The number of aromatic nitrogens is 3. The number of amides is 1. The second kappa shape index (κ2) is 7.67. The number of nitrogens with one attached hydrogen (secondary N) is 1. The Morgan fingerprint density at radius 1 is 1.26 bits per heavy atom. The van der Waals surface area contributed by atoms with Crippen molar-refractivity contribution in [2.45, 2.75) is 26.4 Å². The minimum Gasteiger partial charge on any atom is -0.323 e. The van der Waals surface area contributed by atoms with Crippen molar-refractivity contribution in [2.24, 2.45) is 11.8 Å². The van der Waals surface area contributed by atoms with Gasteiger partial charge in [0, 0.05) is 13.1 Å². The Morgan fingerprint density at radius 3 is 2.56 bits per heavy atom. The highest BCUT2D eigenvalue weighted by molar-refractivity contribution is 5.94. The molecule has 1 N–H and O–H groups in total. The molecule has 1 aromatic carbocycles. The summed E-state index contributed by atoms with van der Waals surface area (Å²) < 4.78 is 40.6. The van der Waals surface area contributed by atoms with E-state index in [-0.39, 0.29) is 18.1 Å². The van der Waals surface area contributed by atoms with Gasteiger partial charge in [0.2, 0.25) is 5.91 Å². The first-order valence-corrected chi connectivity index (χ1v) is 8.81. The Hall–Kier alpha value is -2.42. The van der Waals surface area contributed by atoms with Crippen LogP contribution >= 0.6 is 0 Å². The summed E-state index contributed by atoms with van der Waals surface area (Å²) in [5.74, 6) is 0.624. The maximum absolute atomic E-state index is 13.1. The van der Waals surface area contributed by atoms with Crippen molar-refractivity contribution < 1.29 is 18.0 Å². The largest absolute Gasteiger partial charge is 0.416 e. The molecule has 0 aliphatic carbocycles. The molecule has 0 radical (unpaired) electrons. The Kier molecular flexibility index (Phi) is 5.50. The van der Waals surface area contributed by atoms with Gasteiger partial charge in [0.1, 0.15) is 12.7 Å². The molecule has 0 bridgehead atoms. The quantitative estimate of drug-likeness (QED) is 0.884. The molecular weight excluding hydrogens is 359 g/mol. The number of anilines is 1. The van der Waals surface area contributed by atoms with Crippen LogP contribution in [0.15, 0.2) is 30.9 Å². The minimum atomic E-state index is -4.50. The fourth-order valence-corrected chi connectivity index (χ4v) is 3.66. The van der Waals surface area contributed by atoms with Gasteiger partial charge in [-0.05, 0) is 36.5 Å². The molecule has 27 heavy (non-hydrogen) atoms. The van der Waals surface area contributed by atoms with Crippen molar-refractivity contribution in [2.75, 3.05) is 25.0 Å². The van der Waals surface area contributed by atoms with Gasteiger partial charge in [0.05, 0.1) is 23.5 Å². The highest BCUT2D eigenvalue weighted by atomic mass is 19.4. The normalized spacial score (nSPS) is 21.2. The predicted molar refractivity (Wildman–Crippen MR) is 94.4 cm³/mol. The number of halogens is 3. The number of benzene rings is 1. The van der Waals surface area contributed by atoms with Crippen molar-refractivity contribution in [1.29, 1.82) is 0 Å². The third-order valence-electron chi connectivity index (χ3n) is 4.58. The van der Waals surface area contributed by atoms with Gasteiger partial charge in [-0.2, -0.15) is 18.3 Å². The zero-order valence-electron chi connectivity index (χ0n) is 15.2. The van der Waals surface area contributed by atoms with E-state index in [2.05, 4.69) is 29.2 Å². The van der Waals surface area contributed by atoms with Crippen LogP contribution in [0, 0.1) is 11.8 Å². The van der Waals surface area contributed by atoms with Gasteiger partial charge < -0.3 is 5.32 Å². The summed E-state index contributed by atoms with van der Waals surface area (Å²) in [7, 11) is 0. The van der Waals surface area contributed by atoms with E-state index < -0.39 is 11.7 Å². The van der Waals surface area contributed by atoms with E-state index in [1.165, 1.54) is 23.4 Å². The first-order chi connectivity index (χ1) is 12.7. The highest BCUT2D eigenvalue weighted by Gasteiger charge is 2.31. The summed E-state index contributed by atoms with van der Waals surface area (Å²) in [5, 5.41) is 6.56. The van der Waals surface area contributed by atoms with Gasteiger partial charge in [0.25, 0.3) is 0 Å². The summed E-state index contributed by atoms with van der Waals surface area (Å²) >= 11 is 0. The monoisotopic (exact) mass is 381 g/mol. The number of nitrogens with zero attached hydrogens (tertiary/aromatic N) is 4. The highest BCUT2D eigenvalue weighted by Crippen LogP contribution is 2.33. The maximum Gasteiger partial charge on any atom is 0.416 e. The van der Waals surface area contributed by atoms with Gasteiger partial charge in [-0.1, -0.05) is 13.8 Å². The second-order valence-electron chi connectivity index (χ2n) is 7.26. The molecule has 1 fully saturated rings. The van der Waals surface area contributed by atoms with Crippen molar-refractivity contribution in [3.8, 4) is 5.69 Å². The molecule has 0 spiro atoms. The zero-order valence-corrected chi connectivity index (χ0v) is 15.2. The summed E-state index contributed by atoms with van der Waals surface area (Å²) in [4.78, 5) is 18.3. The fourth-order valence-electron chi connectivity index (χ4n) is 3.66. The molecule has 1 aliphatic heterocycles. The summed E-state index contributed by atoms with van der Waals surface area (Å²) in [6, 6.07) is 3.16. The lowest BCUT2D eigenvalue weighted by Crippen LogP contribution is -2.42. The molecule has 3 rings (SSSR count). The van der Waals surface area contributed by atoms with E-state index >= 15 is 0 Å². The molecule has 2 aromatic rings. The van der Waals surface area contributed by atoms with Crippen LogP contribution in [0.25, 0.3) is 5.69 Å². The Balaban J connectivity index is 1.80. The molecular formula is C18H22F3N5O. The van der Waals surface area contributed by atoms with E-state index in [4.69, 9.17) is 0 Å². The first-order valence-electron chi connectivity index (χ1n) is 8.81. The average molecular weight is 381 g/mol. The van der Waals surface area contributed by atoms with Crippen LogP contribution in [0.3, 0.4) is 0 Å². The third-order valence-corrected chi connectivity index (χ3v) is 4.58. The van der Waals surface area contributed by atoms with Crippen LogP contribution in [0.1, 0.15) is 25.8 Å². The fraction of sp³-hybridized carbons (Fsp3) is 0.500. The Labute approximate surface area is 155 Å². The lowest BCUT2D eigenvalue weighted by Gasteiger charge is -2.34. The molecule has 1 aliphatic rings. The molecule has 2 unspecified atom stereocenters. The Bertz CT molecular complexity index is 781. The first kappa shape index (κ1) is 19.3. The molecule has 1 saturated heterocycles. The lowest BCUT2D eigenvalue weighted by molar-refractivity contribution is -0.137. The van der Waals surface area contributed by atoms with Crippen LogP contribution < -0.4 is 5.32 Å². The van der Waals surface area contributed by atoms with Crippen molar-refractivity contribution in [1.82, 2.24) is 19.7 Å². The van der Waals surface area contributed by atoms with Crippen LogP contribution in [0.2, 0.25) is 0 Å². The van der Waals surface area contributed by atoms with Crippen LogP contribution in [-0.4, -0.2) is 45.2 Å². The number of hydrogen-bond donors (Lipinski definition) is 1. The van der Waals surface area contributed by atoms with Crippen LogP contribution in [0.4, 0.5) is 18.9 Å². The van der Waals surface area contributed by atoms with Gasteiger partial charge in [0.15, 0.2) is 0 Å². The van der Waals surface area contributed by atoms with E-state index in [1.54, 1.807) is 0 Å². The molecule has 1 aromatic heterocycles. The number of likely N-dealkylation sites (tertiary alicyclic amines) is 1. The van der Waals surface area contributed by atoms with Gasteiger partial charge in [-0.3, -0.25) is 9.69 Å². The second-order valence-corrected chi connectivity index (χ2v) is 7.26. The smallest absolute Gasteiger partial charge is 0.323 e. The average Bonchev–Trinajstić information content (AvgIpc) is 3.07. The molecule has 6 nitrogen and oxygen atoms in total. The van der Waals surface area contributed by atoms with E-state index in [0.29, 0.717) is 17.5 Å². The van der Waals surface area contributed by atoms with Crippen LogP contribution in [-0.2, 0) is 11.0 Å². The molecule has 146 valence electrons. The third kappa shape index (κ3) is 4.85. The number of piperidine rings is 1. The standard InChI is InChI=1S/C18H22F3N5O/c1-12-5-13(2)8-25(7-12)9-17(27)24-15-6-14(18(19,20)21)3-4-16(15)26-11-22-10-23-26/h3-4,6,10-13H,5,7-9H2,1-2H3,(H,24,27). The van der Waals surface area contributed by atoms with Gasteiger partial charge >= 0.3 is 6.18 Å². The number of carbonyl (C=O) groups excluding carboxylic acids is 1. The van der Waals surface area contributed by atoms with Crippen LogP contribution in [0.5, 0.6) is 0 Å². The van der Waals surface area contributed by atoms with E-state index in [0.717, 1.165) is 31.6 Å². The van der Waals surface area contributed by atoms with Gasteiger partial charge in [-0.25, -0.2) is 9.67 Å². The number of alkyl halides is 3. The van der Waals surface area contributed by atoms with E-state index in [9.17, 15) is 18.0 Å². The summed E-state index contributed by atoms with van der Waals surface area (Å²) in [5.41, 5.74) is -0.449. The zero-order chi connectivity index (χ0) is 19.6. The minimum absolute atomic E-state index is 0.0541. The summed E-state index contributed by atoms with van der Waals surface area (Å²) in [6.07, 6.45) is -0.744. The van der Waals surface area contributed by atoms with Gasteiger partial charge in [-0.15, -0.1) is 0 Å². The molecule has 9 heteroatoms. The SMILES string of the molecule is CC1CC(C)CN(CC(=O)Nc2cc(C(F)(F)F)ccc2-n2cncn2)C1.